The number of fused-ring (bicyclic) bond motifs is 2. The molecular formula is C19H15F3N2O3. The van der Waals surface area contributed by atoms with Crippen molar-refractivity contribution in [2.45, 2.75) is 31.2 Å². The topological polar surface area (TPSA) is 62.1 Å². The summed E-state index contributed by atoms with van der Waals surface area (Å²) in [6, 6.07) is 13.3. The predicted octanol–water partition coefficient (Wildman–Crippen LogP) is 3.78. The van der Waals surface area contributed by atoms with Gasteiger partial charge in [0.05, 0.1) is 5.92 Å². The molecule has 4 rings (SSSR count). The summed E-state index contributed by atoms with van der Waals surface area (Å²) in [7, 11) is 0. The van der Waals surface area contributed by atoms with Crippen LogP contribution in [-0.4, -0.2) is 33.6 Å². The van der Waals surface area contributed by atoms with Crippen LogP contribution in [0.3, 0.4) is 0 Å². The second-order valence-electron chi connectivity index (χ2n) is 6.59. The van der Waals surface area contributed by atoms with Crippen LogP contribution in [0.4, 0.5) is 13.2 Å². The van der Waals surface area contributed by atoms with E-state index in [0.717, 1.165) is 0 Å². The van der Waals surface area contributed by atoms with Gasteiger partial charge in [-0.2, -0.15) is 23.3 Å². The van der Waals surface area contributed by atoms with Crippen LogP contribution >= 0.6 is 0 Å². The van der Waals surface area contributed by atoms with Crippen LogP contribution in [0, 0.1) is 0 Å². The van der Waals surface area contributed by atoms with Gasteiger partial charge in [0.15, 0.2) is 0 Å². The number of alkyl halides is 3. The number of hydrazone groups is 1. The molecule has 1 atom stereocenters. The second-order valence-corrected chi connectivity index (χ2v) is 6.59. The molecule has 8 heteroatoms. The number of benzene rings is 2. The van der Waals surface area contributed by atoms with Crippen molar-refractivity contribution in [3.63, 3.8) is 0 Å². The van der Waals surface area contributed by atoms with Gasteiger partial charge in [-0.1, -0.05) is 36.4 Å². The average molecular weight is 376 g/mol. The molecule has 1 amide bonds. The quantitative estimate of drug-likeness (QED) is 0.824. The highest BCUT2D eigenvalue weighted by Crippen LogP contribution is 2.48. The van der Waals surface area contributed by atoms with Crippen LogP contribution in [0.5, 0.6) is 11.5 Å². The maximum atomic E-state index is 13.5. The van der Waals surface area contributed by atoms with Crippen molar-refractivity contribution in [2.75, 3.05) is 0 Å². The first-order valence-electron chi connectivity index (χ1n) is 8.25. The number of hydrogen-bond acceptors (Lipinski definition) is 4. The van der Waals surface area contributed by atoms with Gasteiger partial charge in [-0.05, 0) is 19.1 Å². The molecule has 0 unspecified atom stereocenters. The van der Waals surface area contributed by atoms with Crippen LogP contribution in [0.25, 0.3) is 0 Å². The predicted molar refractivity (Wildman–Crippen MR) is 90.4 cm³/mol. The Hall–Kier alpha value is -2.87. The summed E-state index contributed by atoms with van der Waals surface area (Å²) in [5, 5.41) is 14.2. The molecule has 0 saturated carbocycles. The first-order chi connectivity index (χ1) is 12.7. The van der Waals surface area contributed by atoms with Gasteiger partial charge in [0.2, 0.25) is 0 Å². The van der Waals surface area contributed by atoms with Crippen LogP contribution in [-0.2, 0) is 4.79 Å². The molecule has 0 spiro atoms. The van der Waals surface area contributed by atoms with Crippen molar-refractivity contribution < 1.29 is 27.8 Å². The van der Waals surface area contributed by atoms with Crippen LogP contribution in [0.2, 0.25) is 0 Å². The van der Waals surface area contributed by atoms with E-state index < -0.39 is 30.1 Å². The van der Waals surface area contributed by atoms with Gasteiger partial charge in [-0.3, -0.25) is 4.79 Å². The third-order valence-electron chi connectivity index (χ3n) is 4.71. The van der Waals surface area contributed by atoms with E-state index in [2.05, 4.69) is 5.10 Å². The van der Waals surface area contributed by atoms with Crippen molar-refractivity contribution in [2.24, 2.45) is 5.10 Å². The zero-order chi connectivity index (χ0) is 19.4. The maximum absolute atomic E-state index is 13.5. The van der Waals surface area contributed by atoms with Crippen LogP contribution < -0.4 is 4.74 Å². The molecule has 0 saturated heterocycles. The molecule has 2 aliphatic heterocycles. The highest BCUT2D eigenvalue weighted by molar-refractivity contribution is 5.94. The van der Waals surface area contributed by atoms with E-state index in [0.29, 0.717) is 22.6 Å². The standard InChI is InChI=1S/C19H15F3N2O3/c1-11-10-18(26,19(20,21)22)24(23-11)17(25)16-12-6-2-4-8-14(12)27-15-9-5-3-7-13(15)16/h2-9,16,26H,10H2,1H3/t18-/m1/s1. The normalized spacial score (nSPS) is 22.0. The minimum absolute atomic E-state index is 0.0248. The number of carbonyl (C=O) groups excluding carboxylic acids is 1. The summed E-state index contributed by atoms with van der Waals surface area (Å²) < 4.78 is 46.4. The fourth-order valence-electron chi connectivity index (χ4n) is 3.47. The SMILES string of the molecule is CC1=NN(C(=O)C2c3ccccc3Oc3ccccc32)[C@](O)(C(F)(F)F)C1. The summed E-state index contributed by atoms with van der Waals surface area (Å²) >= 11 is 0. The monoisotopic (exact) mass is 376 g/mol. The largest absolute Gasteiger partial charge is 0.457 e. The van der Waals surface area contributed by atoms with Gasteiger partial charge in [-0.15, -0.1) is 0 Å². The molecule has 1 N–H and O–H groups in total. The number of nitrogens with zero attached hydrogens (tertiary/aromatic N) is 2. The van der Waals surface area contributed by atoms with Crippen molar-refractivity contribution in [3.8, 4) is 11.5 Å². The summed E-state index contributed by atoms with van der Waals surface area (Å²) in [5.41, 5.74) is -2.50. The molecule has 0 bridgehead atoms. The smallest absolute Gasteiger partial charge is 0.438 e. The Morgan fingerprint density at radius 1 is 1.15 bits per heavy atom. The van der Waals surface area contributed by atoms with Crippen molar-refractivity contribution in [1.29, 1.82) is 0 Å². The molecule has 2 aromatic rings. The Kier molecular flexibility index (Phi) is 3.78. The number of hydrogen-bond donors (Lipinski definition) is 1. The number of aliphatic hydroxyl groups is 1. The highest BCUT2D eigenvalue weighted by Gasteiger charge is 2.63. The minimum atomic E-state index is -5.05. The van der Waals surface area contributed by atoms with E-state index in [-0.39, 0.29) is 10.7 Å². The molecule has 27 heavy (non-hydrogen) atoms. The molecule has 2 aliphatic rings. The fourth-order valence-corrected chi connectivity index (χ4v) is 3.47. The van der Waals surface area contributed by atoms with Crippen molar-refractivity contribution in [1.82, 2.24) is 5.01 Å². The number of carbonyl (C=O) groups is 1. The highest BCUT2D eigenvalue weighted by atomic mass is 19.4. The maximum Gasteiger partial charge on any atom is 0.438 e. The third kappa shape index (κ3) is 2.59. The lowest BCUT2D eigenvalue weighted by Gasteiger charge is -2.36. The molecule has 2 heterocycles. The van der Waals surface area contributed by atoms with Crippen molar-refractivity contribution >= 4 is 11.6 Å². The van der Waals surface area contributed by atoms with E-state index in [1.807, 2.05) is 0 Å². The van der Waals surface area contributed by atoms with Crippen LogP contribution in [0.1, 0.15) is 30.4 Å². The number of halogens is 3. The molecular weight excluding hydrogens is 361 g/mol. The van der Waals surface area contributed by atoms with Gasteiger partial charge >= 0.3 is 6.18 Å². The molecule has 5 nitrogen and oxygen atoms in total. The average Bonchev–Trinajstić information content (AvgIpc) is 2.94. The summed E-state index contributed by atoms with van der Waals surface area (Å²) in [6.45, 7) is 1.34. The zero-order valence-electron chi connectivity index (χ0n) is 14.2. The van der Waals surface area contributed by atoms with Crippen molar-refractivity contribution in [3.05, 3.63) is 59.7 Å². The molecule has 2 aromatic carbocycles. The number of para-hydroxylation sites is 2. The van der Waals surface area contributed by atoms with Gasteiger partial charge in [0, 0.05) is 23.3 Å². The Morgan fingerprint density at radius 2 is 1.67 bits per heavy atom. The fraction of sp³-hybridized carbons (Fsp3) is 0.263. The van der Waals surface area contributed by atoms with Gasteiger partial charge < -0.3 is 9.84 Å². The van der Waals surface area contributed by atoms with E-state index >= 15 is 0 Å². The Morgan fingerprint density at radius 3 is 2.19 bits per heavy atom. The summed E-state index contributed by atoms with van der Waals surface area (Å²) in [5.74, 6) is -1.28. The Labute approximate surface area is 152 Å². The lowest BCUT2D eigenvalue weighted by atomic mass is 9.86. The second kappa shape index (κ2) is 5.82. The third-order valence-corrected chi connectivity index (χ3v) is 4.71. The lowest BCUT2D eigenvalue weighted by molar-refractivity contribution is -0.302. The number of rotatable bonds is 1. The molecule has 140 valence electrons. The first kappa shape index (κ1) is 17.5. The zero-order valence-corrected chi connectivity index (χ0v) is 14.2. The first-order valence-corrected chi connectivity index (χ1v) is 8.25. The summed E-state index contributed by atoms with van der Waals surface area (Å²) in [4.78, 5) is 13.2. The van der Waals surface area contributed by atoms with E-state index in [1.54, 1.807) is 48.5 Å². The van der Waals surface area contributed by atoms with E-state index in [1.165, 1.54) is 6.92 Å². The lowest BCUT2D eigenvalue weighted by Crippen LogP contribution is -2.57. The van der Waals surface area contributed by atoms with E-state index in [4.69, 9.17) is 4.74 Å². The number of ether oxygens (including phenoxy) is 1. The van der Waals surface area contributed by atoms with Gasteiger partial charge in [-0.25, -0.2) is 0 Å². The molecule has 0 aromatic heterocycles. The number of amides is 1. The molecule has 0 aliphatic carbocycles. The Balaban J connectivity index is 1.85. The van der Waals surface area contributed by atoms with Gasteiger partial charge in [0.25, 0.3) is 11.6 Å². The van der Waals surface area contributed by atoms with E-state index in [9.17, 15) is 23.1 Å². The molecule has 0 radical (unpaired) electrons. The Bertz CT molecular complexity index is 912. The summed E-state index contributed by atoms with van der Waals surface area (Å²) in [6.07, 6.45) is -5.83. The molecule has 0 fully saturated rings. The minimum Gasteiger partial charge on any atom is -0.457 e. The van der Waals surface area contributed by atoms with Crippen LogP contribution in [0.15, 0.2) is 53.6 Å². The van der Waals surface area contributed by atoms with Gasteiger partial charge in [0.1, 0.15) is 11.5 Å².